The van der Waals surface area contributed by atoms with Crippen molar-refractivity contribution in [1.82, 2.24) is 4.90 Å². The number of fused-ring (bicyclic) bond motifs is 6. The van der Waals surface area contributed by atoms with Crippen LogP contribution in [0.5, 0.6) is 0 Å². The molecule has 4 aliphatic rings. The van der Waals surface area contributed by atoms with Gasteiger partial charge < -0.3 is 23.9 Å². The van der Waals surface area contributed by atoms with Gasteiger partial charge in [-0.25, -0.2) is 4.79 Å². The number of ketones is 1. The van der Waals surface area contributed by atoms with Crippen LogP contribution in [0.1, 0.15) is 197 Å². The number of Topliss-reactive ketones (excluding diaryl/α,β-unsaturated/α-hetero) is 1. The molecule has 0 aliphatic heterocycles. The lowest BCUT2D eigenvalue weighted by Crippen LogP contribution is -2.52. The average molecular weight is 999 g/mol. The molecule has 1 N–H and O–H groups in total. The Kier molecular flexibility index (Phi) is 18.9. The van der Waals surface area contributed by atoms with Crippen molar-refractivity contribution in [1.29, 1.82) is 0 Å². The van der Waals surface area contributed by atoms with Gasteiger partial charge in [0.05, 0.1) is 13.1 Å². The first-order valence-electron chi connectivity index (χ1n) is 27.7. The van der Waals surface area contributed by atoms with Crippen LogP contribution in [-0.4, -0.2) is 70.9 Å². The Morgan fingerprint density at radius 1 is 0.792 bits per heavy atom. The second kappa shape index (κ2) is 23.9. The van der Waals surface area contributed by atoms with Gasteiger partial charge in [0.1, 0.15) is 34.7 Å². The molecular weight excluding hydrogens is 909 g/mol. The Balaban J connectivity index is 1.08. The summed E-state index contributed by atoms with van der Waals surface area (Å²) in [7, 11) is 0. The Morgan fingerprint density at radius 2 is 1.49 bits per heavy atom. The van der Waals surface area contributed by atoms with Crippen LogP contribution in [0.3, 0.4) is 0 Å². The number of benzene rings is 1. The second-order valence-electron chi connectivity index (χ2n) is 25.3. The van der Waals surface area contributed by atoms with Gasteiger partial charge in [0.25, 0.3) is 0 Å². The highest BCUT2D eigenvalue weighted by molar-refractivity contribution is 5.95. The molecule has 3 fully saturated rings. The molecule has 1 heterocycles. The summed E-state index contributed by atoms with van der Waals surface area (Å²) in [6, 6.07) is 5.60. The van der Waals surface area contributed by atoms with Gasteiger partial charge in [-0.2, -0.15) is 0 Å². The van der Waals surface area contributed by atoms with E-state index in [1.165, 1.54) is 56.6 Å². The summed E-state index contributed by atoms with van der Waals surface area (Å²) in [6.07, 6.45) is 17.2. The number of amides is 1. The summed E-state index contributed by atoms with van der Waals surface area (Å²) >= 11 is 0. The van der Waals surface area contributed by atoms with Crippen LogP contribution in [-0.2, 0) is 38.2 Å². The number of nitrogens with one attached hydrogen (secondary N) is 1. The average Bonchev–Trinajstić information content (AvgIpc) is 3.62. The number of rotatable bonds is 22. The lowest BCUT2D eigenvalue weighted by atomic mass is 9.47. The minimum absolute atomic E-state index is 0.00376. The molecule has 400 valence electrons. The van der Waals surface area contributed by atoms with Gasteiger partial charge >= 0.3 is 23.5 Å². The SMILES string of the molecule is Cc1cc(=O)oc2cc(NC(=O)CCC(=O)CCCCC[C@@H](C(=O)O[C@H]3CC[C@@]4(C)C(=CCC5C4CC[C@@]4(C)C5CC[C@@H]4[C@H](C)CCCC(C)C)C3)N(CC(=O)OC(C)(C)C)CC(=O)OC(C)(C)C)ccc12. The fraction of sp³-hybridized carbons (Fsp3) is 0.733. The maximum atomic E-state index is 14.6. The molecule has 0 spiro atoms. The number of aryl methyl sites for hydroxylation is 1. The molecule has 0 radical (unpaired) electrons. The number of ether oxygens (including phenoxy) is 3. The number of hydrogen-bond donors (Lipinski definition) is 1. The summed E-state index contributed by atoms with van der Waals surface area (Å²) in [5.41, 5.74) is 1.50. The van der Waals surface area contributed by atoms with E-state index in [0.29, 0.717) is 60.6 Å². The van der Waals surface area contributed by atoms with Crippen molar-refractivity contribution in [2.45, 2.75) is 222 Å². The molecule has 1 amide bonds. The summed E-state index contributed by atoms with van der Waals surface area (Å²) in [5, 5.41) is 3.57. The number of carbonyl (C=O) groups is 5. The van der Waals surface area contributed by atoms with Gasteiger partial charge in [-0.05, 0) is 170 Å². The van der Waals surface area contributed by atoms with Crippen molar-refractivity contribution in [2.75, 3.05) is 18.4 Å². The number of unbranched alkanes of at least 4 members (excludes halogenated alkanes) is 2. The molecule has 3 saturated carbocycles. The predicted octanol–water partition coefficient (Wildman–Crippen LogP) is 12.6. The highest BCUT2D eigenvalue weighted by Crippen LogP contribution is 2.67. The van der Waals surface area contributed by atoms with Crippen LogP contribution in [0.25, 0.3) is 11.0 Å². The topological polar surface area (TPSA) is 159 Å². The van der Waals surface area contributed by atoms with E-state index in [9.17, 15) is 28.8 Å². The lowest BCUT2D eigenvalue weighted by molar-refractivity contribution is -0.166. The van der Waals surface area contributed by atoms with E-state index in [-0.39, 0.29) is 55.6 Å². The molecule has 12 heteroatoms. The second-order valence-corrected chi connectivity index (χ2v) is 25.3. The molecule has 0 saturated heterocycles. The Bertz CT molecular complexity index is 2310. The van der Waals surface area contributed by atoms with Crippen molar-refractivity contribution in [3.63, 3.8) is 0 Å². The van der Waals surface area contributed by atoms with Crippen molar-refractivity contribution < 1.29 is 42.6 Å². The third-order valence-electron chi connectivity index (χ3n) is 17.1. The Labute approximate surface area is 430 Å². The Morgan fingerprint density at radius 3 is 2.15 bits per heavy atom. The number of allylic oxidation sites excluding steroid dienone is 1. The molecule has 2 aromatic rings. The van der Waals surface area contributed by atoms with Gasteiger partial charge in [-0.15, -0.1) is 0 Å². The van der Waals surface area contributed by atoms with E-state index >= 15 is 0 Å². The summed E-state index contributed by atoms with van der Waals surface area (Å²) in [4.78, 5) is 80.7. The zero-order valence-electron chi connectivity index (χ0n) is 46.2. The third kappa shape index (κ3) is 14.9. The number of nitrogens with zero attached hydrogens (tertiary/aromatic N) is 1. The largest absolute Gasteiger partial charge is 0.461 e. The van der Waals surface area contributed by atoms with Crippen LogP contribution in [0.2, 0.25) is 0 Å². The molecule has 9 atom stereocenters. The third-order valence-corrected chi connectivity index (χ3v) is 17.1. The van der Waals surface area contributed by atoms with Gasteiger partial charge in [-0.1, -0.05) is 78.4 Å². The standard InChI is InChI=1S/C60H90N2O10/c1-38(2)17-16-18-39(3)47-26-27-48-46-24-21-41-34-44(29-31-59(41,11)49(46)30-32-60(47,48)12)69-56(68)50(62(36-54(66)71-57(5,6)7)37-55(67)72-58(8,9)10)20-15-13-14-19-43(63)23-28-52(64)61-42-22-25-45-40(4)33-53(65)70-51(45)35-42/h21-22,25,33,35,38-39,44,46-50H,13-20,23-24,26-32,34,36-37H2,1-12H3,(H,61,64)/t39-,44+,46?,47-,48?,49?,50+,59+,60-/m1/s1. The van der Waals surface area contributed by atoms with E-state index in [4.69, 9.17) is 18.6 Å². The number of hydrogen-bond acceptors (Lipinski definition) is 11. The van der Waals surface area contributed by atoms with E-state index in [1.807, 2.05) is 6.92 Å². The maximum absolute atomic E-state index is 14.6. The van der Waals surface area contributed by atoms with E-state index in [1.54, 1.807) is 64.6 Å². The highest BCUT2D eigenvalue weighted by atomic mass is 16.6. The van der Waals surface area contributed by atoms with Gasteiger partial charge in [0.15, 0.2) is 0 Å². The van der Waals surface area contributed by atoms with Gasteiger partial charge in [-0.3, -0.25) is 28.9 Å². The van der Waals surface area contributed by atoms with Crippen LogP contribution >= 0.6 is 0 Å². The maximum Gasteiger partial charge on any atom is 0.336 e. The van der Waals surface area contributed by atoms with Crippen molar-refractivity contribution >= 4 is 46.3 Å². The van der Waals surface area contributed by atoms with Crippen LogP contribution in [0.15, 0.2) is 45.1 Å². The molecule has 3 unspecified atom stereocenters. The van der Waals surface area contributed by atoms with Crippen LogP contribution in [0.4, 0.5) is 5.69 Å². The van der Waals surface area contributed by atoms with Crippen molar-refractivity contribution in [2.24, 2.45) is 46.3 Å². The minimum Gasteiger partial charge on any atom is -0.461 e. The van der Waals surface area contributed by atoms with E-state index in [0.717, 1.165) is 53.9 Å². The molecule has 1 aromatic carbocycles. The van der Waals surface area contributed by atoms with Gasteiger partial charge in [0, 0.05) is 48.9 Å². The van der Waals surface area contributed by atoms with Crippen molar-refractivity contribution in [3.8, 4) is 0 Å². The first-order valence-corrected chi connectivity index (χ1v) is 27.7. The van der Waals surface area contributed by atoms with E-state index < -0.39 is 40.8 Å². The number of esters is 3. The molecule has 4 aliphatic carbocycles. The normalized spacial score (nSPS) is 26.0. The summed E-state index contributed by atoms with van der Waals surface area (Å²) in [5.74, 6) is 2.44. The monoisotopic (exact) mass is 999 g/mol. The highest BCUT2D eigenvalue weighted by Gasteiger charge is 2.59. The molecule has 1 aromatic heterocycles. The quantitative estimate of drug-likeness (QED) is 0.0393. The molecule has 0 bridgehead atoms. The van der Waals surface area contributed by atoms with Crippen molar-refractivity contribution in [3.05, 3.63) is 51.9 Å². The first kappa shape index (κ1) is 57.0. The molecule has 12 nitrogen and oxygen atoms in total. The fourth-order valence-corrected chi connectivity index (χ4v) is 13.6. The number of carbonyl (C=O) groups excluding carboxylic acids is 5. The zero-order chi connectivity index (χ0) is 52.8. The lowest BCUT2D eigenvalue weighted by Gasteiger charge is -2.58. The smallest absolute Gasteiger partial charge is 0.336 e. The molecular formula is C60H90N2O10. The molecule has 6 rings (SSSR count). The Hall–Kier alpha value is -4.32. The summed E-state index contributed by atoms with van der Waals surface area (Å²) < 4.78 is 23.2. The fourth-order valence-electron chi connectivity index (χ4n) is 13.6. The van der Waals surface area contributed by atoms with E-state index in [2.05, 4.69) is 46.0 Å². The minimum atomic E-state index is -0.936. The number of anilines is 1. The first-order chi connectivity index (χ1) is 33.7. The zero-order valence-corrected chi connectivity index (χ0v) is 46.2. The summed E-state index contributed by atoms with van der Waals surface area (Å²) in [6.45, 7) is 24.2. The van der Waals surface area contributed by atoms with Gasteiger partial charge in [0.2, 0.25) is 5.91 Å². The van der Waals surface area contributed by atoms with Crippen LogP contribution in [0, 0.1) is 53.3 Å². The predicted molar refractivity (Wildman–Crippen MR) is 283 cm³/mol. The molecule has 72 heavy (non-hydrogen) atoms. The van der Waals surface area contributed by atoms with Crippen LogP contribution < -0.4 is 10.9 Å².